The van der Waals surface area contributed by atoms with Crippen molar-refractivity contribution in [2.75, 3.05) is 66.6 Å². The maximum absolute atomic E-state index is 5.97. The molecular formula is C24H43N5O2. The van der Waals surface area contributed by atoms with E-state index in [-0.39, 0.29) is 0 Å². The second-order valence-electron chi connectivity index (χ2n) is 8.61. The van der Waals surface area contributed by atoms with E-state index in [1.807, 2.05) is 14.0 Å². The van der Waals surface area contributed by atoms with Gasteiger partial charge in [0, 0.05) is 64.5 Å². The summed E-state index contributed by atoms with van der Waals surface area (Å²) in [6.07, 6.45) is 0. The van der Waals surface area contributed by atoms with Crippen LogP contribution in [0.3, 0.4) is 0 Å². The molecule has 1 atom stereocenters. The van der Waals surface area contributed by atoms with Crippen LogP contribution < -0.4 is 15.4 Å². The Morgan fingerprint density at radius 1 is 1.13 bits per heavy atom. The smallest absolute Gasteiger partial charge is 0.191 e. The van der Waals surface area contributed by atoms with Gasteiger partial charge in [-0.25, -0.2) is 0 Å². The average Bonchev–Trinajstić information content (AvgIpc) is 2.75. The molecule has 7 nitrogen and oxygen atoms in total. The second-order valence-corrected chi connectivity index (χ2v) is 8.61. The van der Waals surface area contributed by atoms with E-state index in [4.69, 9.17) is 9.47 Å². The Kier molecular flexibility index (Phi) is 11.1. The Labute approximate surface area is 189 Å². The molecule has 176 valence electrons. The van der Waals surface area contributed by atoms with Gasteiger partial charge in [0.25, 0.3) is 0 Å². The van der Waals surface area contributed by atoms with E-state index < -0.39 is 0 Å². The number of hydrogen-bond acceptors (Lipinski definition) is 5. The minimum Gasteiger partial charge on any atom is -0.491 e. The lowest BCUT2D eigenvalue weighted by Gasteiger charge is -2.40. The maximum atomic E-state index is 5.97. The van der Waals surface area contributed by atoms with E-state index in [2.05, 4.69) is 71.4 Å². The van der Waals surface area contributed by atoms with Crippen LogP contribution in [0.1, 0.15) is 31.9 Å². The molecule has 31 heavy (non-hydrogen) atoms. The summed E-state index contributed by atoms with van der Waals surface area (Å²) in [6.45, 7) is 16.6. The van der Waals surface area contributed by atoms with Gasteiger partial charge in [0.15, 0.2) is 5.96 Å². The zero-order valence-corrected chi connectivity index (χ0v) is 20.4. The molecule has 1 aliphatic rings. The predicted molar refractivity (Wildman–Crippen MR) is 129 cm³/mol. The molecule has 0 amide bonds. The predicted octanol–water partition coefficient (Wildman–Crippen LogP) is 2.35. The largest absolute Gasteiger partial charge is 0.491 e. The number of aliphatic imine (C=N–C) groups is 1. The number of guanidine groups is 1. The molecule has 1 fully saturated rings. The SMILES string of the molecule is CCOCCOc1cc(C)ccc1CNC(=NC)NCC(C(C)C)N1CCN(C)CC1. The first-order valence-electron chi connectivity index (χ1n) is 11.6. The highest BCUT2D eigenvalue weighted by molar-refractivity contribution is 5.79. The number of benzene rings is 1. The molecule has 0 saturated carbocycles. The van der Waals surface area contributed by atoms with Crippen LogP contribution in [0.2, 0.25) is 0 Å². The van der Waals surface area contributed by atoms with Crippen LogP contribution in [0, 0.1) is 12.8 Å². The number of likely N-dealkylation sites (N-methyl/N-ethyl adjacent to an activating group) is 1. The van der Waals surface area contributed by atoms with Gasteiger partial charge in [-0.2, -0.15) is 0 Å². The standard InChI is InChI=1S/C24H43N5O2/c1-7-30-14-15-31-23-16-20(4)8-9-21(23)17-26-24(25-5)27-18-22(19(2)3)29-12-10-28(6)11-13-29/h8-9,16,19,22H,7,10-15,17-18H2,1-6H3,(H2,25,26,27). The fourth-order valence-corrected chi connectivity index (χ4v) is 3.84. The van der Waals surface area contributed by atoms with Crippen molar-refractivity contribution in [2.24, 2.45) is 10.9 Å². The number of hydrogen-bond donors (Lipinski definition) is 2. The van der Waals surface area contributed by atoms with Crippen LogP contribution >= 0.6 is 0 Å². The monoisotopic (exact) mass is 433 g/mol. The van der Waals surface area contributed by atoms with Crippen molar-refractivity contribution in [3.8, 4) is 5.75 Å². The summed E-state index contributed by atoms with van der Waals surface area (Å²) in [4.78, 5) is 9.44. The lowest BCUT2D eigenvalue weighted by atomic mass is 10.0. The third-order valence-corrected chi connectivity index (χ3v) is 5.84. The molecular weight excluding hydrogens is 390 g/mol. The Hall–Kier alpha value is -1.83. The number of rotatable bonds is 11. The average molecular weight is 434 g/mol. The van der Waals surface area contributed by atoms with E-state index in [1.54, 1.807) is 0 Å². The first-order chi connectivity index (χ1) is 14.9. The summed E-state index contributed by atoms with van der Waals surface area (Å²) < 4.78 is 11.4. The van der Waals surface area contributed by atoms with Gasteiger partial charge in [0.05, 0.1) is 6.61 Å². The van der Waals surface area contributed by atoms with Crippen molar-refractivity contribution in [2.45, 2.75) is 40.3 Å². The van der Waals surface area contributed by atoms with Crippen LogP contribution in [0.5, 0.6) is 5.75 Å². The quantitative estimate of drug-likeness (QED) is 0.317. The van der Waals surface area contributed by atoms with Crippen molar-refractivity contribution in [1.29, 1.82) is 0 Å². The second kappa shape index (κ2) is 13.6. The zero-order valence-electron chi connectivity index (χ0n) is 20.4. The number of ether oxygens (including phenoxy) is 2. The maximum Gasteiger partial charge on any atom is 0.191 e. The van der Waals surface area contributed by atoms with Crippen molar-refractivity contribution in [1.82, 2.24) is 20.4 Å². The number of aryl methyl sites for hydroxylation is 1. The third-order valence-electron chi connectivity index (χ3n) is 5.84. The molecule has 1 aliphatic heterocycles. The fraction of sp³-hybridized carbons (Fsp3) is 0.708. The van der Waals surface area contributed by atoms with Gasteiger partial charge in [-0.15, -0.1) is 0 Å². The summed E-state index contributed by atoms with van der Waals surface area (Å²) in [7, 11) is 4.02. The van der Waals surface area contributed by atoms with Gasteiger partial charge < -0.3 is 25.0 Å². The lowest BCUT2D eigenvalue weighted by Crippen LogP contribution is -2.55. The lowest BCUT2D eigenvalue weighted by molar-refractivity contribution is 0.0900. The van der Waals surface area contributed by atoms with E-state index in [1.165, 1.54) is 5.56 Å². The van der Waals surface area contributed by atoms with Crippen LogP contribution in [-0.2, 0) is 11.3 Å². The summed E-state index contributed by atoms with van der Waals surface area (Å²) in [6, 6.07) is 6.81. The highest BCUT2D eigenvalue weighted by Crippen LogP contribution is 2.20. The molecule has 0 aliphatic carbocycles. The fourth-order valence-electron chi connectivity index (χ4n) is 3.84. The Bertz CT molecular complexity index is 672. The molecule has 7 heteroatoms. The highest BCUT2D eigenvalue weighted by Gasteiger charge is 2.25. The number of nitrogens with one attached hydrogen (secondary N) is 2. The Morgan fingerprint density at radius 2 is 1.87 bits per heavy atom. The molecule has 0 bridgehead atoms. The molecule has 2 rings (SSSR count). The van der Waals surface area contributed by atoms with Crippen molar-refractivity contribution in [3.63, 3.8) is 0 Å². The van der Waals surface area contributed by atoms with E-state index in [9.17, 15) is 0 Å². The van der Waals surface area contributed by atoms with Crippen LogP contribution in [0.4, 0.5) is 0 Å². The van der Waals surface area contributed by atoms with Gasteiger partial charge in [0.2, 0.25) is 0 Å². The van der Waals surface area contributed by atoms with Gasteiger partial charge in [0.1, 0.15) is 12.4 Å². The van der Waals surface area contributed by atoms with Gasteiger partial charge in [-0.3, -0.25) is 9.89 Å². The zero-order chi connectivity index (χ0) is 22.6. The molecule has 0 aromatic heterocycles. The van der Waals surface area contributed by atoms with Crippen molar-refractivity contribution < 1.29 is 9.47 Å². The minimum absolute atomic E-state index is 0.490. The van der Waals surface area contributed by atoms with Crippen LogP contribution in [0.15, 0.2) is 23.2 Å². The van der Waals surface area contributed by atoms with Crippen molar-refractivity contribution >= 4 is 5.96 Å². The number of piperazine rings is 1. The Morgan fingerprint density at radius 3 is 2.52 bits per heavy atom. The van der Waals surface area contributed by atoms with Crippen LogP contribution in [0.25, 0.3) is 0 Å². The molecule has 1 heterocycles. The van der Waals surface area contributed by atoms with Gasteiger partial charge in [-0.1, -0.05) is 26.0 Å². The van der Waals surface area contributed by atoms with Crippen molar-refractivity contribution in [3.05, 3.63) is 29.3 Å². The topological polar surface area (TPSA) is 61.4 Å². The molecule has 0 spiro atoms. The molecule has 1 unspecified atom stereocenters. The summed E-state index contributed by atoms with van der Waals surface area (Å²) >= 11 is 0. The third kappa shape index (κ3) is 8.67. The summed E-state index contributed by atoms with van der Waals surface area (Å²) in [5.41, 5.74) is 2.30. The summed E-state index contributed by atoms with van der Waals surface area (Å²) in [5.74, 6) is 2.30. The van der Waals surface area contributed by atoms with E-state index in [0.29, 0.717) is 38.3 Å². The van der Waals surface area contributed by atoms with Crippen LogP contribution in [-0.4, -0.2) is 88.4 Å². The molecule has 2 N–H and O–H groups in total. The molecule has 0 radical (unpaired) electrons. The highest BCUT2D eigenvalue weighted by atomic mass is 16.5. The molecule has 1 aromatic carbocycles. The van der Waals surface area contributed by atoms with E-state index >= 15 is 0 Å². The van der Waals surface area contributed by atoms with E-state index in [0.717, 1.165) is 50.0 Å². The van der Waals surface area contributed by atoms with Gasteiger partial charge in [-0.05, 0) is 38.4 Å². The molecule has 1 saturated heterocycles. The normalized spacial score (nSPS) is 17.1. The first-order valence-corrected chi connectivity index (χ1v) is 11.6. The number of nitrogens with zero attached hydrogens (tertiary/aromatic N) is 3. The molecule has 1 aromatic rings. The van der Waals surface area contributed by atoms with Gasteiger partial charge >= 0.3 is 0 Å². The Balaban J connectivity index is 1.90. The minimum atomic E-state index is 0.490. The summed E-state index contributed by atoms with van der Waals surface area (Å²) in [5, 5.41) is 7.00. The first kappa shape index (κ1) is 25.4.